The van der Waals surface area contributed by atoms with Crippen molar-refractivity contribution in [2.75, 3.05) is 38.0 Å². The van der Waals surface area contributed by atoms with Gasteiger partial charge in [0.05, 0.1) is 15.8 Å². The minimum atomic E-state index is -0.310. The number of carbonyl (C=O) groups is 1. The summed E-state index contributed by atoms with van der Waals surface area (Å²) in [6, 6.07) is 4.69. The van der Waals surface area contributed by atoms with E-state index < -0.39 is 0 Å². The Balaban J connectivity index is 1.92. The van der Waals surface area contributed by atoms with Crippen LogP contribution in [-0.2, 0) is 4.79 Å². The molecule has 18 heavy (non-hydrogen) atoms. The summed E-state index contributed by atoms with van der Waals surface area (Å²) in [4.78, 5) is 13.9. The molecule has 1 aromatic rings. The van der Waals surface area contributed by atoms with E-state index >= 15 is 0 Å². The molecule has 98 valence electrons. The quantitative estimate of drug-likeness (QED) is 0.796. The standard InChI is InChI=1S/C12H15FIN3O/c13-9-2-1-3-10(12(9)14)16-11(18)8-17-6-4-15-5-7-17/h1-3,15H,4-8H2,(H,16,18). The summed E-state index contributed by atoms with van der Waals surface area (Å²) in [5, 5.41) is 5.98. The minimum absolute atomic E-state index is 0.0968. The molecule has 1 aliphatic rings. The van der Waals surface area contributed by atoms with Crippen LogP contribution in [0.1, 0.15) is 0 Å². The lowest BCUT2D eigenvalue weighted by molar-refractivity contribution is -0.117. The van der Waals surface area contributed by atoms with Crippen molar-refractivity contribution in [3.8, 4) is 0 Å². The smallest absolute Gasteiger partial charge is 0.238 e. The molecule has 6 heteroatoms. The first kappa shape index (κ1) is 13.7. The van der Waals surface area contributed by atoms with Crippen molar-refractivity contribution in [2.45, 2.75) is 0 Å². The number of nitrogens with zero attached hydrogens (tertiary/aromatic N) is 1. The maximum Gasteiger partial charge on any atom is 0.238 e. The van der Waals surface area contributed by atoms with Gasteiger partial charge in [0.25, 0.3) is 0 Å². The van der Waals surface area contributed by atoms with Crippen LogP contribution in [0.25, 0.3) is 0 Å². The molecule has 0 saturated carbocycles. The molecule has 0 aliphatic carbocycles. The molecular weight excluding hydrogens is 348 g/mol. The number of hydrogen-bond acceptors (Lipinski definition) is 3. The van der Waals surface area contributed by atoms with Gasteiger partial charge in [-0.25, -0.2) is 4.39 Å². The van der Waals surface area contributed by atoms with Gasteiger partial charge in [0, 0.05) is 26.2 Å². The van der Waals surface area contributed by atoms with E-state index in [-0.39, 0.29) is 11.7 Å². The van der Waals surface area contributed by atoms with Gasteiger partial charge in [-0.3, -0.25) is 9.69 Å². The zero-order valence-electron chi connectivity index (χ0n) is 9.88. The Morgan fingerprint density at radius 3 is 2.89 bits per heavy atom. The Morgan fingerprint density at radius 1 is 1.44 bits per heavy atom. The molecule has 0 unspecified atom stereocenters. The van der Waals surface area contributed by atoms with Crippen molar-refractivity contribution in [3.63, 3.8) is 0 Å². The molecule has 2 rings (SSSR count). The normalized spacial score (nSPS) is 16.6. The van der Waals surface area contributed by atoms with Crippen LogP contribution >= 0.6 is 22.6 Å². The second-order valence-corrected chi connectivity index (χ2v) is 5.25. The molecule has 2 N–H and O–H groups in total. The van der Waals surface area contributed by atoms with Crippen LogP contribution in [0.4, 0.5) is 10.1 Å². The maximum atomic E-state index is 13.3. The number of anilines is 1. The number of rotatable bonds is 3. The summed E-state index contributed by atoms with van der Waals surface area (Å²) in [5.74, 6) is -0.406. The van der Waals surface area contributed by atoms with Gasteiger partial charge in [-0.2, -0.15) is 0 Å². The molecule has 0 atom stereocenters. The van der Waals surface area contributed by atoms with Crippen LogP contribution in [0, 0.1) is 9.39 Å². The van der Waals surface area contributed by atoms with Crippen molar-refractivity contribution >= 4 is 34.2 Å². The highest BCUT2D eigenvalue weighted by Gasteiger charge is 2.14. The number of halogens is 2. The van der Waals surface area contributed by atoms with E-state index in [0.717, 1.165) is 26.2 Å². The zero-order chi connectivity index (χ0) is 13.0. The first-order valence-corrected chi connectivity index (χ1v) is 6.91. The molecule has 0 aromatic heterocycles. The first-order valence-electron chi connectivity index (χ1n) is 5.84. The Bertz CT molecular complexity index is 435. The van der Waals surface area contributed by atoms with Gasteiger partial charge < -0.3 is 10.6 Å². The van der Waals surface area contributed by atoms with E-state index in [2.05, 4.69) is 15.5 Å². The number of hydrogen-bond donors (Lipinski definition) is 2. The van der Waals surface area contributed by atoms with Crippen LogP contribution in [0.2, 0.25) is 0 Å². The topological polar surface area (TPSA) is 44.4 Å². The predicted molar refractivity (Wildman–Crippen MR) is 77.1 cm³/mol. The van der Waals surface area contributed by atoms with Gasteiger partial charge in [0.2, 0.25) is 5.91 Å². The lowest BCUT2D eigenvalue weighted by Crippen LogP contribution is -2.46. The van der Waals surface area contributed by atoms with Gasteiger partial charge in [-0.1, -0.05) is 6.07 Å². The molecule has 0 radical (unpaired) electrons. The molecule has 0 bridgehead atoms. The van der Waals surface area contributed by atoms with Crippen LogP contribution in [0.5, 0.6) is 0 Å². The van der Waals surface area contributed by atoms with Crippen LogP contribution in [-0.4, -0.2) is 43.5 Å². The van der Waals surface area contributed by atoms with E-state index in [1.165, 1.54) is 6.07 Å². The van der Waals surface area contributed by atoms with Gasteiger partial charge in [0.1, 0.15) is 5.82 Å². The zero-order valence-corrected chi connectivity index (χ0v) is 12.0. The Morgan fingerprint density at radius 2 is 2.17 bits per heavy atom. The Hall–Kier alpha value is -0.730. The third-order valence-corrected chi connectivity index (χ3v) is 3.90. The van der Waals surface area contributed by atoms with E-state index in [0.29, 0.717) is 15.8 Å². The maximum absolute atomic E-state index is 13.3. The van der Waals surface area contributed by atoms with E-state index in [1.807, 2.05) is 22.6 Å². The summed E-state index contributed by atoms with van der Waals surface area (Å²) in [6.45, 7) is 3.91. The molecule has 1 aliphatic heterocycles. The summed E-state index contributed by atoms with van der Waals surface area (Å²) >= 11 is 1.90. The molecule has 1 saturated heterocycles. The minimum Gasteiger partial charge on any atom is -0.324 e. The van der Waals surface area contributed by atoms with E-state index in [1.54, 1.807) is 12.1 Å². The first-order chi connectivity index (χ1) is 8.66. The molecule has 1 heterocycles. The second-order valence-electron chi connectivity index (χ2n) is 4.18. The highest BCUT2D eigenvalue weighted by atomic mass is 127. The van der Waals surface area contributed by atoms with Crippen molar-refractivity contribution < 1.29 is 9.18 Å². The summed E-state index contributed by atoms with van der Waals surface area (Å²) in [6.07, 6.45) is 0. The van der Waals surface area contributed by atoms with E-state index in [4.69, 9.17) is 0 Å². The van der Waals surface area contributed by atoms with E-state index in [9.17, 15) is 9.18 Å². The number of benzene rings is 1. The predicted octanol–water partition coefficient (Wildman–Crippen LogP) is 1.27. The fourth-order valence-corrected chi connectivity index (χ4v) is 2.36. The average Bonchev–Trinajstić information content (AvgIpc) is 2.36. The Labute approximate surface area is 119 Å². The Kier molecular flexibility index (Phi) is 4.90. The van der Waals surface area contributed by atoms with Crippen LogP contribution in [0.15, 0.2) is 18.2 Å². The number of piperazine rings is 1. The van der Waals surface area contributed by atoms with Gasteiger partial charge in [-0.05, 0) is 34.7 Å². The molecule has 0 spiro atoms. The van der Waals surface area contributed by atoms with Crippen molar-refractivity contribution in [2.24, 2.45) is 0 Å². The fourth-order valence-electron chi connectivity index (χ4n) is 1.86. The van der Waals surface area contributed by atoms with Crippen molar-refractivity contribution in [3.05, 3.63) is 27.6 Å². The summed E-state index contributed by atoms with van der Waals surface area (Å²) < 4.78 is 13.8. The van der Waals surface area contributed by atoms with Gasteiger partial charge >= 0.3 is 0 Å². The van der Waals surface area contributed by atoms with Crippen molar-refractivity contribution in [1.82, 2.24) is 10.2 Å². The molecular formula is C12H15FIN3O. The molecule has 1 amide bonds. The number of amides is 1. The molecule has 4 nitrogen and oxygen atoms in total. The largest absolute Gasteiger partial charge is 0.324 e. The average molecular weight is 363 g/mol. The number of carbonyl (C=O) groups excluding carboxylic acids is 1. The second kappa shape index (κ2) is 6.44. The summed E-state index contributed by atoms with van der Waals surface area (Å²) in [7, 11) is 0. The lowest BCUT2D eigenvalue weighted by Gasteiger charge is -2.26. The van der Waals surface area contributed by atoms with Crippen LogP contribution in [0.3, 0.4) is 0 Å². The molecule has 1 fully saturated rings. The van der Waals surface area contributed by atoms with Crippen LogP contribution < -0.4 is 10.6 Å². The SMILES string of the molecule is O=C(CN1CCNCC1)Nc1cccc(F)c1I. The lowest BCUT2D eigenvalue weighted by atomic mass is 10.3. The highest BCUT2D eigenvalue weighted by Crippen LogP contribution is 2.20. The third-order valence-electron chi connectivity index (χ3n) is 2.80. The van der Waals surface area contributed by atoms with Crippen molar-refractivity contribution in [1.29, 1.82) is 0 Å². The van der Waals surface area contributed by atoms with Gasteiger partial charge in [0.15, 0.2) is 0 Å². The summed E-state index contributed by atoms with van der Waals surface area (Å²) in [5.41, 5.74) is 0.538. The number of nitrogens with one attached hydrogen (secondary N) is 2. The molecule has 1 aromatic carbocycles. The van der Waals surface area contributed by atoms with Gasteiger partial charge in [-0.15, -0.1) is 0 Å². The third kappa shape index (κ3) is 3.63. The monoisotopic (exact) mass is 363 g/mol. The fraction of sp³-hybridized carbons (Fsp3) is 0.417. The highest BCUT2D eigenvalue weighted by molar-refractivity contribution is 14.1.